The summed E-state index contributed by atoms with van der Waals surface area (Å²) in [6.07, 6.45) is 2.43. The van der Waals surface area contributed by atoms with Gasteiger partial charge in [-0.15, -0.1) is 5.10 Å². The molecule has 1 aromatic heterocycles. The standard InChI is InChI=1S/C17H22ClN7O2/c1-10-5-11(18)3-4-14(10)22-17(27)21-7-12-9-25(24-23-12)13-6-15(20-8-13)16(26)19-2/h3-5,9,13,15,20H,6-8H2,1-2H3,(H,19,26)(H2,21,22,27)/t13-,15-/m0/s1. The van der Waals surface area contributed by atoms with Crippen LogP contribution in [-0.4, -0.2) is 46.6 Å². The van der Waals surface area contributed by atoms with Gasteiger partial charge in [0.25, 0.3) is 0 Å². The highest BCUT2D eigenvalue weighted by atomic mass is 35.5. The first-order chi connectivity index (χ1) is 13.0. The van der Waals surface area contributed by atoms with Gasteiger partial charge in [0.2, 0.25) is 5.91 Å². The molecule has 0 aliphatic carbocycles. The van der Waals surface area contributed by atoms with Crippen molar-refractivity contribution in [2.45, 2.75) is 32.0 Å². The highest BCUT2D eigenvalue weighted by molar-refractivity contribution is 6.30. The van der Waals surface area contributed by atoms with Crippen molar-refractivity contribution in [1.29, 1.82) is 0 Å². The molecule has 1 aliphatic heterocycles. The largest absolute Gasteiger partial charge is 0.358 e. The third-order valence-electron chi connectivity index (χ3n) is 4.47. The molecule has 10 heteroatoms. The molecule has 0 saturated carbocycles. The number of urea groups is 1. The van der Waals surface area contributed by atoms with E-state index in [2.05, 4.69) is 31.6 Å². The zero-order valence-electron chi connectivity index (χ0n) is 15.1. The topological polar surface area (TPSA) is 113 Å². The van der Waals surface area contributed by atoms with E-state index in [1.165, 1.54) is 0 Å². The van der Waals surface area contributed by atoms with Gasteiger partial charge in [-0.25, -0.2) is 9.48 Å². The number of amides is 3. The Morgan fingerprint density at radius 1 is 1.41 bits per heavy atom. The van der Waals surface area contributed by atoms with Crippen LogP contribution in [0.5, 0.6) is 0 Å². The van der Waals surface area contributed by atoms with Gasteiger partial charge in [0.15, 0.2) is 0 Å². The molecule has 3 amide bonds. The van der Waals surface area contributed by atoms with Gasteiger partial charge in [0, 0.05) is 24.3 Å². The van der Waals surface area contributed by atoms with Crippen LogP contribution in [0.15, 0.2) is 24.4 Å². The van der Waals surface area contributed by atoms with Gasteiger partial charge in [-0.1, -0.05) is 16.8 Å². The summed E-state index contributed by atoms with van der Waals surface area (Å²) < 4.78 is 1.73. The number of nitrogens with zero attached hydrogens (tertiary/aromatic N) is 3. The first kappa shape index (κ1) is 19.1. The summed E-state index contributed by atoms with van der Waals surface area (Å²) in [5, 5.41) is 20.1. The van der Waals surface area contributed by atoms with E-state index in [4.69, 9.17) is 11.6 Å². The monoisotopic (exact) mass is 391 g/mol. The van der Waals surface area contributed by atoms with Crippen molar-refractivity contribution in [1.82, 2.24) is 30.9 Å². The van der Waals surface area contributed by atoms with Crippen LogP contribution in [-0.2, 0) is 11.3 Å². The van der Waals surface area contributed by atoms with Crippen molar-refractivity contribution in [3.05, 3.63) is 40.7 Å². The first-order valence-electron chi connectivity index (χ1n) is 8.63. The second kappa shape index (κ2) is 8.36. The second-order valence-corrected chi connectivity index (χ2v) is 6.86. The molecule has 4 N–H and O–H groups in total. The van der Waals surface area contributed by atoms with Crippen molar-refractivity contribution in [2.75, 3.05) is 18.9 Å². The molecule has 0 spiro atoms. The Kier molecular flexibility index (Phi) is 5.92. The van der Waals surface area contributed by atoms with E-state index in [0.717, 1.165) is 5.56 Å². The van der Waals surface area contributed by atoms with E-state index in [-0.39, 0.29) is 30.6 Å². The summed E-state index contributed by atoms with van der Waals surface area (Å²) in [7, 11) is 1.62. The molecule has 0 bridgehead atoms. The average molecular weight is 392 g/mol. The Balaban J connectivity index is 1.51. The average Bonchev–Trinajstić information content (AvgIpc) is 3.31. The summed E-state index contributed by atoms with van der Waals surface area (Å²) in [6, 6.07) is 4.75. The number of benzene rings is 1. The molecule has 0 unspecified atom stereocenters. The number of hydrogen-bond donors (Lipinski definition) is 4. The number of anilines is 1. The van der Waals surface area contributed by atoms with E-state index in [9.17, 15) is 9.59 Å². The van der Waals surface area contributed by atoms with Crippen LogP contribution in [0.3, 0.4) is 0 Å². The Labute approximate surface area is 161 Å². The van der Waals surface area contributed by atoms with Crippen LogP contribution >= 0.6 is 11.6 Å². The molecule has 1 fully saturated rings. The smallest absolute Gasteiger partial charge is 0.319 e. The number of rotatable bonds is 5. The van der Waals surface area contributed by atoms with Crippen LogP contribution in [0.2, 0.25) is 5.02 Å². The Bertz CT molecular complexity index is 838. The summed E-state index contributed by atoms with van der Waals surface area (Å²) in [6.45, 7) is 2.76. The third kappa shape index (κ3) is 4.75. The number of nitrogens with one attached hydrogen (secondary N) is 4. The fraction of sp³-hybridized carbons (Fsp3) is 0.412. The van der Waals surface area contributed by atoms with E-state index < -0.39 is 0 Å². The summed E-state index contributed by atoms with van der Waals surface area (Å²) in [5.74, 6) is -0.0336. The summed E-state index contributed by atoms with van der Waals surface area (Å²) in [4.78, 5) is 23.8. The van der Waals surface area contributed by atoms with Gasteiger partial charge in [0.1, 0.15) is 5.69 Å². The van der Waals surface area contributed by atoms with Crippen molar-refractivity contribution < 1.29 is 9.59 Å². The maximum Gasteiger partial charge on any atom is 0.319 e. The lowest BCUT2D eigenvalue weighted by Crippen LogP contribution is -2.38. The quantitative estimate of drug-likeness (QED) is 0.612. The number of likely N-dealkylation sites (N-methyl/N-ethyl adjacent to an activating group) is 1. The summed E-state index contributed by atoms with van der Waals surface area (Å²) in [5.41, 5.74) is 2.21. The van der Waals surface area contributed by atoms with E-state index in [1.807, 2.05) is 6.92 Å². The molecule has 2 atom stereocenters. The summed E-state index contributed by atoms with van der Waals surface area (Å²) >= 11 is 5.91. The number of halogens is 1. The minimum absolute atomic E-state index is 0.0336. The predicted molar refractivity (Wildman–Crippen MR) is 102 cm³/mol. The number of aryl methyl sites for hydroxylation is 1. The molecule has 27 heavy (non-hydrogen) atoms. The van der Waals surface area contributed by atoms with Crippen molar-refractivity contribution >= 4 is 29.2 Å². The maximum atomic E-state index is 12.1. The molecule has 2 heterocycles. The third-order valence-corrected chi connectivity index (χ3v) is 4.70. The van der Waals surface area contributed by atoms with Crippen molar-refractivity contribution in [3.63, 3.8) is 0 Å². The highest BCUT2D eigenvalue weighted by Gasteiger charge is 2.30. The van der Waals surface area contributed by atoms with E-state index >= 15 is 0 Å². The number of carbonyl (C=O) groups is 2. The molecule has 9 nitrogen and oxygen atoms in total. The van der Waals surface area contributed by atoms with Crippen LogP contribution in [0.4, 0.5) is 10.5 Å². The molecular formula is C17H22ClN7O2. The zero-order valence-corrected chi connectivity index (χ0v) is 15.9. The molecule has 144 valence electrons. The molecule has 1 aromatic carbocycles. The fourth-order valence-corrected chi connectivity index (χ4v) is 3.20. The van der Waals surface area contributed by atoms with Crippen LogP contribution in [0.25, 0.3) is 0 Å². The zero-order chi connectivity index (χ0) is 19.4. The first-order valence-corrected chi connectivity index (χ1v) is 9.00. The van der Waals surface area contributed by atoms with E-state index in [1.54, 1.807) is 36.1 Å². The number of carbonyl (C=O) groups excluding carboxylic acids is 2. The number of hydrogen-bond acceptors (Lipinski definition) is 5. The lowest BCUT2D eigenvalue weighted by molar-refractivity contribution is -0.122. The molecule has 3 rings (SSSR count). The highest BCUT2D eigenvalue weighted by Crippen LogP contribution is 2.20. The molecule has 1 aliphatic rings. The van der Waals surface area contributed by atoms with Gasteiger partial charge in [-0.05, 0) is 37.1 Å². The molecule has 2 aromatic rings. The second-order valence-electron chi connectivity index (χ2n) is 6.42. The van der Waals surface area contributed by atoms with Gasteiger partial charge >= 0.3 is 6.03 Å². The number of aromatic nitrogens is 3. The van der Waals surface area contributed by atoms with Gasteiger partial charge < -0.3 is 21.3 Å². The predicted octanol–water partition coefficient (Wildman–Crippen LogP) is 1.21. The fourth-order valence-electron chi connectivity index (χ4n) is 2.97. The lowest BCUT2D eigenvalue weighted by atomic mass is 10.1. The maximum absolute atomic E-state index is 12.1. The lowest BCUT2D eigenvalue weighted by Gasteiger charge is -2.09. The molecular weight excluding hydrogens is 370 g/mol. The van der Waals surface area contributed by atoms with E-state index in [0.29, 0.717) is 29.4 Å². The van der Waals surface area contributed by atoms with Crippen LogP contribution in [0.1, 0.15) is 23.7 Å². The minimum Gasteiger partial charge on any atom is -0.358 e. The van der Waals surface area contributed by atoms with Gasteiger partial charge in [-0.3, -0.25) is 4.79 Å². The Morgan fingerprint density at radius 2 is 2.22 bits per heavy atom. The Morgan fingerprint density at radius 3 is 2.96 bits per heavy atom. The van der Waals surface area contributed by atoms with Crippen LogP contribution in [0, 0.1) is 6.92 Å². The Hall–Kier alpha value is -2.65. The molecule has 1 saturated heterocycles. The molecule has 0 radical (unpaired) electrons. The van der Waals surface area contributed by atoms with Gasteiger partial charge in [-0.2, -0.15) is 0 Å². The minimum atomic E-state index is -0.336. The normalized spacial score (nSPS) is 18.9. The van der Waals surface area contributed by atoms with Gasteiger partial charge in [0.05, 0.1) is 24.8 Å². The SMILES string of the molecule is CNC(=O)[C@@H]1C[C@H](n2cc(CNC(=O)Nc3ccc(Cl)cc3C)nn2)CN1. The van der Waals surface area contributed by atoms with Crippen LogP contribution < -0.4 is 21.3 Å². The van der Waals surface area contributed by atoms with Crippen molar-refractivity contribution in [3.8, 4) is 0 Å². The van der Waals surface area contributed by atoms with Crippen molar-refractivity contribution in [2.24, 2.45) is 0 Å².